The van der Waals surface area contributed by atoms with Gasteiger partial charge < -0.3 is 39.4 Å². The first kappa shape index (κ1) is 16.0. The molecule has 0 radical (unpaired) electrons. The number of hydrogen-bond donors (Lipinski definition) is 1. The summed E-state index contributed by atoms with van der Waals surface area (Å²) in [5.74, 6) is -0.797. The zero-order valence-corrected chi connectivity index (χ0v) is 12.4. The molecular weight excluding hydrogens is 294 g/mol. The van der Waals surface area contributed by atoms with E-state index in [4.69, 9.17) is 24.8 Å². The molecule has 0 amide bonds. The van der Waals surface area contributed by atoms with Crippen LogP contribution in [-0.4, -0.2) is 51.7 Å². The molecule has 1 atom stereocenters. The van der Waals surface area contributed by atoms with E-state index in [1.165, 1.54) is 6.42 Å². The molecule has 106 valence electrons. The Labute approximate surface area is 119 Å². The van der Waals surface area contributed by atoms with Crippen LogP contribution in [0.15, 0.2) is 0 Å². The van der Waals surface area contributed by atoms with Gasteiger partial charge in [0.1, 0.15) is 0 Å². The quantitative estimate of drug-likeness (QED) is 0.446. The van der Waals surface area contributed by atoms with E-state index < -0.39 is 22.0 Å². The summed E-state index contributed by atoms with van der Waals surface area (Å²) in [4.78, 5) is 1.68. The van der Waals surface area contributed by atoms with E-state index in [9.17, 15) is 18.1 Å². The number of hydrogen-bond acceptors (Lipinski definition) is 6. The summed E-state index contributed by atoms with van der Waals surface area (Å²) in [6.07, 6.45) is 3.97. The molecule has 1 rings (SSSR count). The van der Waals surface area contributed by atoms with Crippen LogP contribution in [0.3, 0.4) is 0 Å². The van der Waals surface area contributed by atoms with E-state index >= 15 is 0 Å². The van der Waals surface area contributed by atoms with Gasteiger partial charge in [-0.3, -0.25) is 0 Å². The van der Waals surface area contributed by atoms with Crippen molar-refractivity contribution in [2.24, 2.45) is 0 Å². The van der Waals surface area contributed by atoms with Crippen molar-refractivity contribution in [1.29, 1.82) is 0 Å². The molecule has 1 fully saturated rings. The molecule has 18 heavy (non-hydrogen) atoms. The number of aliphatic hydroxyl groups is 1. The lowest BCUT2D eigenvalue weighted by atomic mass is 9.94. The van der Waals surface area contributed by atoms with Crippen LogP contribution in [-0.2, 0) is 22.7 Å². The molecule has 1 saturated carbocycles. The van der Waals surface area contributed by atoms with E-state index in [2.05, 4.69) is 0 Å². The summed E-state index contributed by atoms with van der Waals surface area (Å²) in [7, 11) is -4.43. The summed E-state index contributed by atoms with van der Waals surface area (Å²) in [6.45, 7) is 0.0223. The van der Waals surface area contributed by atoms with Gasteiger partial charge in [-0.25, -0.2) is 8.42 Å². The minimum atomic E-state index is -4.43. The SMILES string of the molecule is O=S(=O)([O-])CC(O)CN(C(=S)[S-])C1CCCCC1. The molecule has 0 heterocycles. The summed E-state index contributed by atoms with van der Waals surface area (Å²) in [6, 6.07) is 0.160. The van der Waals surface area contributed by atoms with E-state index in [1.807, 2.05) is 0 Å². The fourth-order valence-electron chi connectivity index (χ4n) is 2.28. The monoisotopic (exact) mass is 311 g/mol. The largest absolute Gasteiger partial charge is 0.748 e. The van der Waals surface area contributed by atoms with Crippen LogP contribution < -0.4 is 0 Å². The fraction of sp³-hybridized carbons (Fsp3) is 0.900. The Morgan fingerprint density at radius 3 is 2.44 bits per heavy atom. The predicted molar refractivity (Wildman–Crippen MR) is 74.1 cm³/mol. The van der Waals surface area contributed by atoms with Crippen LogP contribution >= 0.6 is 12.2 Å². The van der Waals surface area contributed by atoms with E-state index in [0.717, 1.165) is 25.7 Å². The average Bonchev–Trinajstić information content (AvgIpc) is 2.24. The second-order valence-corrected chi connectivity index (χ2v) is 7.07. The second-order valence-electron chi connectivity index (χ2n) is 4.59. The molecule has 1 aliphatic rings. The highest BCUT2D eigenvalue weighted by Gasteiger charge is 2.22. The molecule has 0 aromatic rings. The van der Waals surface area contributed by atoms with Crippen molar-refractivity contribution in [1.82, 2.24) is 4.90 Å². The first-order valence-electron chi connectivity index (χ1n) is 5.89. The fourth-order valence-corrected chi connectivity index (χ4v) is 3.30. The third-order valence-electron chi connectivity index (χ3n) is 3.05. The highest BCUT2D eigenvalue weighted by molar-refractivity contribution is 8.00. The normalized spacial score (nSPS) is 19.4. The van der Waals surface area contributed by atoms with Crippen molar-refractivity contribution in [2.75, 3.05) is 12.3 Å². The summed E-state index contributed by atoms with van der Waals surface area (Å²) in [5.41, 5.74) is 0. The molecule has 8 heteroatoms. The third kappa shape index (κ3) is 5.75. The zero-order valence-electron chi connectivity index (χ0n) is 9.95. The number of aliphatic hydroxyl groups excluding tert-OH is 1. The molecule has 0 aromatic heterocycles. The maximum Gasteiger partial charge on any atom is 0.0972 e. The molecule has 1 aliphatic carbocycles. The summed E-state index contributed by atoms with van der Waals surface area (Å²) >= 11 is 9.92. The number of nitrogens with zero attached hydrogens (tertiary/aromatic N) is 1. The lowest BCUT2D eigenvalue weighted by Crippen LogP contribution is -2.45. The first-order valence-corrected chi connectivity index (χ1v) is 8.28. The van der Waals surface area contributed by atoms with Gasteiger partial charge in [0.15, 0.2) is 0 Å². The van der Waals surface area contributed by atoms with Crippen molar-refractivity contribution in [3.63, 3.8) is 0 Å². The molecule has 1 unspecified atom stereocenters. The Kier molecular flexibility index (Phi) is 6.19. The molecule has 1 N–H and O–H groups in total. The van der Waals surface area contributed by atoms with E-state index in [0.29, 0.717) is 0 Å². The number of rotatable bonds is 5. The Bertz CT molecular complexity index is 379. The lowest BCUT2D eigenvalue weighted by molar-refractivity contribution is 0.133. The van der Waals surface area contributed by atoms with Gasteiger partial charge in [0.25, 0.3) is 0 Å². The van der Waals surface area contributed by atoms with Crippen LogP contribution in [0.1, 0.15) is 32.1 Å². The van der Waals surface area contributed by atoms with Crippen molar-refractivity contribution >= 4 is 39.3 Å². The standard InChI is InChI=1S/C10H19NO4S3/c12-9(7-18(13,14)15)6-11(10(16)17)8-4-2-1-3-5-8/h8-9,12H,1-7H2,(H,16,17)(H,13,14,15)/p-2. The Morgan fingerprint density at radius 2 is 2.00 bits per heavy atom. The summed E-state index contributed by atoms with van der Waals surface area (Å²) in [5, 5.41) is 9.61. The van der Waals surface area contributed by atoms with Gasteiger partial charge in [-0.15, -0.1) is 0 Å². The van der Waals surface area contributed by atoms with Crippen LogP contribution in [0.4, 0.5) is 0 Å². The van der Waals surface area contributed by atoms with E-state index in [1.54, 1.807) is 4.90 Å². The minimum Gasteiger partial charge on any atom is -0.748 e. The van der Waals surface area contributed by atoms with Crippen molar-refractivity contribution in [2.45, 2.75) is 44.2 Å². The van der Waals surface area contributed by atoms with Crippen LogP contribution in [0, 0.1) is 0 Å². The average molecular weight is 311 g/mol. The minimum absolute atomic E-state index is 0.0223. The highest BCUT2D eigenvalue weighted by Crippen LogP contribution is 2.23. The zero-order chi connectivity index (χ0) is 13.8. The van der Waals surface area contributed by atoms with Crippen molar-refractivity contribution in [3.05, 3.63) is 0 Å². The van der Waals surface area contributed by atoms with Gasteiger partial charge in [0, 0.05) is 12.6 Å². The maximum atomic E-state index is 10.6. The van der Waals surface area contributed by atoms with Crippen LogP contribution in [0.25, 0.3) is 0 Å². The molecular formula is C10H17NO4S3-2. The van der Waals surface area contributed by atoms with Crippen molar-refractivity contribution in [3.8, 4) is 0 Å². The summed E-state index contributed by atoms with van der Waals surface area (Å²) < 4.78 is 32.0. The van der Waals surface area contributed by atoms with Gasteiger partial charge >= 0.3 is 0 Å². The Morgan fingerprint density at radius 1 is 1.44 bits per heavy atom. The van der Waals surface area contributed by atoms with Crippen LogP contribution in [0.5, 0.6) is 0 Å². The molecule has 0 aromatic carbocycles. The maximum absolute atomic E-state index is 10.6. The second kappa shape index (κ2) is 6.95. The molecule has 0 saturated heterocycles. The van der Waals surface area contributed by atoms with Crippen LogP contribution in [0.2, 0.25) is 0 Å². The van der Waals surface area contributed by atoms with Crippen molar-refractivity contribution < 1.29 is 18.1 Å². The third-order valence-corrected chi connectivity index (χ3v) is 4.32. The molecule has 0 bridgehead atoms. The predicted octanol–water partition coefficient (Wildman–Crippen LogP) is 0.359. The van der Waals surface area contributed by atoms with Gasteiger partial charge in [-0.1, -0.05) is 23.6 Å². The van der Waals surface area contributed by atoms with E-state index in [-0.39, 0.29) is 16.9 Å². The topological polar surface area (TPSA) is 80.7 Å². The number of thiocarbonyl (C=S) groups is 1. The Balaban J connectivity index is 2.59. The Hall–Kier alpha value is -0.0200. The van der Waals surface area contributed by atoms with Gasteiger partial charge in [-0.05, 0) is 12.8 Å². The lowest BCUT2D eigenvalue weighted by Gasteiger charge is -2.40. The molecule has 0 aliphatic heterocycles. The van der Waals surface area contributed by atoms with Gasteiger partial charge in [-0.2, -0.15) is 0 Å². The smallest absolute Gasteiger partial charge is 0.0972 e. The highest BCUT2D eigenvalue weighted by atomic mass is 32.2. The van der Waals surface area contributed by atoms with Gasteiger partial charge in [0.05, 0.1) is 22.0 Å². The molecule has 0 spiro atoms. The molecule has 5 nitrogen and oxygen atoms in total. The first-order chi connectivity index (χ1) is 8.29. The van der Waals surface area contributed by atoms with Gasteiger partial charge in [0.2, 0.25) is 0 Å².